The first-order valence-corrected chi connectivity index (χ1v) is 10.1. The van der Waals surface area contributed by atoms with Crippen molar-refractivity contribution in [3.8, 4) is 22.8 Å². The molecule has 0 bridgehead atoms. The molecule has 3 aromatic rings. The molecule has 2 aromatic carbocycles. The Morgan fingerprint density at radius 1 is 1.04 bits per heavy atom. The molecule has 3 rings (SSSR count). The Morgan fingerprint density at radius 3 is 2.29 bits per heavy atom. The Bertz CT molecular complexity index is 1130. The molecule has 1 N–H and O–H groups in total. The number of halogens is 1. The van der Waals surface area contributed by atoms with Crippen molar-refractivity contribution >= 4 is 27.3 Å². The fraction of sp³-hybridized carbons (Fsp3) is 0.211. The van der Waals surface area contributed by atoms with Crippen LogP contribution >= 0.6 is 11.6 Å². The van der Waals surface area contributed by atoms with Crippen LogP contribution < -0.4 is 14.2 Å². The molecule has 1 aromatic heterocycles. The number of nitrogens with zero attached hydrogens (tertiary/aromatic N) is 1. The Labute approximate surface area is 168 Å². The van der Waals surface area contributed by atoms with E-state index in [-0.39, 0.29) is 15.7 Å². The predicted molar refractivity (Wildman–Crippen MR) is 107 cm³/mol. The van der Waals surface area contributed by atoms with Crippen molar-refractivity contribution in [2.45, 2.75) is 18.7 Å². The lowest BCUT2D eigenvalue weighted by molar-refractivity contribution is 0.402. The van der Waals surface area contributed by atoms with Gasteiger partial charge in [0.1, 0.15) is 16.4 Å². The summed E-state index contributed by atoms with van der Waals surface area (Å²) in [5.41, 5.74) is 2.45. The largest absolute Gasteiger partial charge is 0.495 e. The molecule has 0 aliphatic heterocycles. The molecular formula is C19H19ClN2O5S. The van der Waals surface area contributed by atoms with Crippen molar-refractivity contribution in [3.05, 3.63) is 52.7 Å². The van der Waals surface area contributed by atoms with Crippen LogP contribution in [-0.2, 0) is 10.0 Å². The van der Waals surface area contributed by atoms with Crippen molar-refractivity contribution in [2.75, 3.05) is 18.9 Å². The highest BCUT2D eigenvalue weighted by atomic mass is 35.5. The van der Waals surface area contributed by atoms with Crippen LogP contribution in [0.3, 0.4) is 0 Å². The molecule has 28 heavy (non-hydrogen) atoms. The molecule has 0 aliphatic rings. The Kier molecular flexibility index (Phi) is 5.53. The summed E-state index contributed by atoms with van der Waals surface area (Å²) in [6.07, 6.45) is 0. The molecule has 0 atom stereocenters. The van der Waals surface area contributed by atoms with Gasteiger partial charge in [0.15, 0.2) is 5.76 Å². The molecule has 0 aliphatic carbocycles. The molecule has 0 fully saturated rings. The van der Waals surface area contributed by atoms with Crippen molar-refractivity contribution in [1.82, 2.24) is 5.16 Å². The molecule has 7 nitrogen and oxygen atoms in total. The van der Waals surface area contributed by atoms with Gasteiger partial charge in [0, 0.05) is 11.1 Å². The number of hydrogen-bond donors (Lipinski definition) is 1. The van der Waals surface area contributed by atoms with Crippen LogP contribution in [0.15, 0.2) is 45.8 Å². The fourth-order valence-corrected chi connectivity index (χ4v) is 4.16. The first kappa shape index (κ1) is 20.0. The molecule has 0 saturated heterocycles. The van der Waals surface area contributed by atoms with Gasteiger partial charge in [-0.1, -0.05) is 16.8 Å². The quantitative estimate of drug-likeness (QED) is 0.631. The van der Waals surface area contributed by atoms with Gasteiger partial charge in [0.05, 0.1) is 30.6 Å². The van der Waals surface area contributed by atoms with Crippen LogP contribution in [0.1, 0.15) is 11.3 Å². The van der Waals surface area contributed by atoms with Gasteiger partial charge in [-0.15, -0.1) is 0 Å². The Morgan fingerprint density at radius 2 is 1.71 bits per heavy atom. The monoisotopic (exact) mass is 422 g/mol. The highest BCUT2D eigenvalue weighted by Gasteiger charge is 2.23. The predicted octanol–water partition coefficient (Wildman–Crippen LogP) is 4.43. The van der Waals surface area contributed by atoms with E-state index < -0.39 is 10.0 Å². The minimum Gasteiger partial charge on any atom is -0.495 e. The standard InChI is InChI=1S/C19H19ClN2O5S/c1-11-12(2)21-27-19(11)13-5-7-17(26-4)18(9-13)28(23,24)22-14-6-8-16(25-3)15(20)10-14/h5-10,22H,1-4H3. The van der Waals surface area contributed by atoms with Gasteiger partial charge in [-0.2, -0.15) is 0 Å². The number of rotatable bonds is 6. The lowest BCUT2D eigenvalue weighted by Gasteiger charge is -2.13. The molecule has 0 radical (unpaired) electrons. The molecule has 9 heteroatoms. The van der Waals surface area contributed by atoms with Crippen LogP contribution in [0.4, 0.5) is 5.69 Å². The third kappa shape index (κ3) is 3.79. The summed E-state index contributed by atoms with van der Waals surface area (Å²) in [6.45, 7) is 3.68. The van der Waals surface area contributed by atoms with E-state index in [1.807, 2.05) is 13.8 Å². The molecular weight excluding hydrogens is 404 g/mol. The van der Waals surface area contributed by atoms with E-state index in [9.17, 15) is 8.42 Å². The summed E-state index contributed by atoms with van der Waals surface area (Å²) in [6, 6.07) is 9.38. The second kappa shape index (κ2) is 7.73. The average Bonchev–Trinajstić information content (AvgIpc) is 3.00. The summed E-state index contributed by atoms with van der Waals surface area (Å²) >= 11 is 6.08. The third-order valence-electron chi connectivity index (χ3n) is 4.28. The fourth-order valence-electron chi connectivity index (χ4n) is 2.65. The maximum Gasteiger partial charge on any atom is 0.265 e. The first-order chi connectivity index (χ1) is 13.3. The lowest BCUT2D eigenvalue weighted by atomic mass is 10.1. The van der Waals surface area contributed by atoms with Crippen molar-refractivity contribution in [1.29, 1.82) is 0 Å². The van der Waals surface area contributed by atoms with E-state index in [0.717, 1.165) is 11.3 Å². The van der Waals surface area contributed by atoms with E-state index in [0.29, 0.717) is 22.8 Å². The normalized spacial score (nSPS) is 11.3. The maximum absolute atomic E-state index is 13.0. The van der Waals surface area contributed by atoms with Crippen LogP contribution in [0.25, 0.3) is 11.3 Å². The number of aryl methyl sites for hydroxylation is 1. The second-order valence-electron chi connectivity index (χ2n) is 6.04. The van der Waals surface area contributed by atoms with Crippen molar-refractivity contribution < 1.29 is 22.4 Å². The van der Waals surface area contributed by atoms with Crippen molar-refractivity contribution in [2.24, 2.45) is 0 Å². The van der Waals surface area contributed by atoms with Gasteiger partial charge in [-0.3, -0.25) is 4.72 Å². The number of ether oxygens (including phenoxy) is 2. The van der Waals surface area contributed by atoms with Crippen LogP contribution in [0.5, 0.6) is 11.5 Å². The zero-order valence-corrected chi connectivity index (χ0v) is 17.3. The third-order valence-corrected chi connectivity index (χ3v) is 5.97. The van der Waals surface area contributed by atoms with E-state index in [1.165, 1.54) is 26.4 Å². The van der Waals surface area contributed by atoms with Crippen LogP contribution in [-0.4, -0.2) is 27.8 Å². The summed E-state index contributed by atoms with van der Waals surface area (Å²) < 4.78 is 44.2. The van der Waals surface area contributed by atoms with Gasteiger partial charge in [0.25, 0.3) is 10.0 Å². The summed E-state index contributed by atoms with van der Waals surface area (Å²) in [7, 11) is -1.08. The van der Waals surface area contributed by atoms with E-state index in [4.69, 9.17) is 25.6 Å². The minimum atomic E-state index is -3.97. The van der Waals surface area contributed by atoms with Gasteiger partial charge < -0.3 is 14.0 Å². The number of aromatic nitrogens is 1. The second-order valence-corrected chi connectivity index (χ2v) is 8.10. The zero-order valence-electron chi connectivity index (χ0n) is 15.7. The number of nitrogens with one attached hydrogen (secondary N) is 1. The Hall–Kier alpha value is -2.71. The number of sulfonamides is 1. The lowest BCUT2D eigenvalue weighted by Crippen LogP contribution is -2.14. The van der Waals surface area contributed by atoms with E-state index >= 15 is 0 Å². The molecule has 0 unspecified atom stereocenters. The number of methoxy groups -OCH3 is 2. The smallest absolute Gasteiger partial charge is 0.265 e. The topological polar surface area (TPSA) is 90.7 Å². The number of hydrogen-bond acceptors (Lipinski definition) is 6. The Balaban J connectivity index is 2.04. The molecule has 0 spiro atoms. The molecule has 0 amide bonds. The SMILES string of the molecule is COc1ccc(NS(=O)(=O)c2cc(-c3onc(C)c3C)ccc2OC)cc1Cl. The average molecular weight is 423 g/mol. The number of anilines is 1. The van der Waals surface area contributed by atoms with Gasteiger partial charge in [-0.25, -0.2) is 8.42 Å². The molecule has 1 heterocycles. The van der Waals surface area contributed by atoms with Gasteiger partial charge >= 0.3 is 0 Å². The highest BCUT2D eigenvalue weighted by molar-refractivity contribution is 7.92. The maximum atomic E-state index is 13.0. The summed E-state index contributed by atoms with van der Waals surface area (Å²) in [4.78, 5) is -0.0344. The van der Waals surface area contributed by atoms with E-state index in [1.54, 1.807) is 24.3 Å². The number of benzene rings is 2. The minimum absolute atomic E-state index is 0.0344. The first-order valence-electron chi connectivity index (χ1n) is 8.24. The van der Waals surface area contributed by atoms with Crippen molar-refractivity contribution in [3.63, 3.8) is 0 Å². The van der Waals surface area contributed by atoms with Crippen LogP contribution in [0, 0.1) is 13.8 Å². The molecule has 0 saturated carbocycles. The zero-order chi connectivity index (χ0) is 20.5. The highest BCUT2D eigenvalue weighted by Crippen LogP contribution is 2.34. The summed E-state index contributed by atoms with van der Waals surface area (Å²) in [5.74, 6) is 1.15. The van der Waals surface area contributed by atoms with Crippen LogP contribution in [0.2, 0.25) is 5.02 Å². The van der Waals surface area contributed by atoms with E-state index in [2.05, 4.69) is 9.88 Å². The van der Waals surface area contributed by atoms with Gasteiger partial charge in [-0.05, 0) is 50.2 Å². The molecule has 148 valence electrons. The summed E-state index contributed by atoms with van der Waals surface area (Å²) in [5, 5.41) is 4.21. The van der Waals surface area contributed by atoms with Gasteiger partial charge in [0.2, 0.25) is 0 Å².